The molecule has 1 heterocycles. The Morgan fingerprint density at radius 3 is 2.89 bits per heavy atom. The lowest BCUT2D eigenvalue weighted by atomic mass is 9.92. The summed E-state index contributed by atoms with van der Waals surface area (Å²) in [4.78, 5) is 8.39. The molecule has 1 aliphatic rings. The molecule has 0 aliphatic heterocycles. The second-order valence-corrected chi connectivity index (χ2v) is 5.20. The highest BCUT2D eigenvalue weighted by molar-refractivity contribution is 9.10. The van der Waals surface area contributed by atoms with E-state index < -0.39 is 0 Å². The molecule has 0 aromatic carbocycles. The zero-order valence-corrected chi connectivity index (χ0v) is 12.2. The van der Waals surface area contributed by atoms with Gasteiger partial charge in [0, 0.05) is 6.04 Å². The Hall–Kier alpha value is -0.880. The molecule has 1 aromatic heterocycles. The number of rotatable bonds is 4. The van der Waals surface area contributed by atoms with Gasteiger partial charge in [-0.1, -0.05) is 6.42 Å². The van der Waals surface area contributed by atoms with Crippen molar-refractivity contribution in [1.29, 1.82) is 0 Å². The molecule has 1 fully saturated rings. The average Bonchev–Trinajstić information content (AvgIpc) is 2.41. The molecule has 5 nitrogen and oxygen atoms in total. The van der Waals surface area contributed by atoms with Gasteiger partial charge in [-0.15, -0.1) is 0 Å². The van der Waals surface area contributed by atoms with Gasteiger partial charge in [-0.05, 0) is 42.2 Å². The first-order chi connectivity index (χ1) is 8.74. The Bertz CT molecular complexity index is 403. The number of nitrogens with zero attached hydrogens (tertiary/aromatic N) is 2. The van der Waals surface area contributed by atoms with Crippen molar-refractivity contribution in [3.63, 3.8) is 0 Å². The van der Waals surface area contributed by atoms with E-state index in [9.17, 15) is 0 Å². The van der Waals surface area contributed by atoms with E-state index in [0.29, 0.717) is 17.9 Å². The van der Waals surface area contributed by atoms with Gasteiger partial charge < -0.3 is 14.8 Å². The fourth-order valence-corrected chi connectivity index (χ4v) is 2.59. The third-order valence-electron chi connectivity index (χ3n) is 3.21. The fraction of sp³-hybridized carbons (Fsp3) is 0.667. The van der Waals surface area contributed by atoms with Crippen LogP contribution in [0, 0.1) is 0 Å². The fourth-order valence-electron chi connectivity index (χ4n) is 2.24. The van der Waals surface area contributed by atoms with Crippen LogP contribution in [0.2, 0.25) is 0 Å². The number of likely N-dealkylation sites (N-methyl/N-ethyl adjacent to an activating group) is 1. The molecule has 6 heteroatoms. The monoisotopic (exact) mass is 315 g/mol. The van der Waals surface area contributed by atoms with Gasteiger partial charge in [0.25, 0.3) is 0 Å². The summed E-state index contributed by atoms with van der Waals surface area (Å²) in [5.74, 6) is 0.497. The highest BCUT2D eigenvalue weighted by Gasteiger charge is 2.26. The molecular weight excluding hydrogens is 298 g/mol. The standard InChI is InChI=1S/C12H18BrN3O2/c1-14-9-5-3-4-6-10(9)18-12-15-7-8(13)11(16-12)17-2/h7,9-10,14H,3-6H2,1-2H3. The molecule has 1 aromatic rings. The number of hydrogen-bond donors (Lipinski definition) is 1. The van der Waals surface area contributed by atoms with Crippen LogP contribution in [-0.2, 0) is 0 Å². The zero-order valence-electron chi connectivity index (χ0n) is 10.6. The van der Waals surface area contributed by atoms with Crippen LogP contribution in [0.15, 0.2) is 10.7 Å². The maximum absolute atomic E-state index is 5.87. The molecule has 0 bridgehead atoms. The molecule has 1 saturated carbocycles. The van der Waals surface area contributed by atoms with Crippen LogP contribution in [0.25, 0.3) is 0 Å². The van der Waals surface area contributed by atoms with Gasteiger partial charge in [0.2, 0.25) is 5.88 Å². The van der Waals surface area contributed by atoms with Gasteiger partial charge in [-0.3, -0.25) is 0 Å². The van der Waals surface area contributed by atoms with Crippen LogP contribution in [0.3, 0.4) is 0 Å². The molecular formula is C12H18BrN3O2. The number of hydrogen-bond acceptors (Lipinski definition) is 5. The first kappa shape index (κ1) is 13.5. The molecule has 0 amide bonds. The summed E-state index contributed by atoms with van der Waals surface area (Å²) in [6.07, 6.45) is 6.39. The van der Waals surface area contributed by atoms with Crippen molar-refractivity contribution in [3.05, 3.63) is 10.7 Å². The highest BCUT2D eigenvalue weighted by Crippen LogP contribution is 2.26. The van der Waals surface area contributed by atoms with E-state index in [1.54, 1.807) is 13.3 Å². The largest absolute Gasteiger partial charge is 0.480 e. The van der Waals surface area contributed by atoms with E-state index in [1.807, 2.05) is 7.05 Å². The van der Waals surface area contributed by atoms with Crippen molar-refractivity contribution in [2.75, 3.05) is 14.2 Å². The molecule has 0 saturated heterocycles. The van der Waals surface area contributed by atoms with Gasteiger partial charge in [0.05, 0.1) is 17.8 Å². The zero-order chi connectivity index (χ0) is 13.0. The normalized spacial score (nSPS) is 23.7. The second-order valence-electron chi connectivity index (χ2n) is 4.35. The summed E-state index contributed by atoms with van der Waals surface area (Å²) in [5, 5.41) is 3.29. The Balaban J connectivity index is 2.07. The van der Waals surface area contributed by atoms with Gasteiger partial charge >= 0.3 is 6.01 Å². The van der Waals surface area contributed by atoms with Crippen molar-refractivity contribution in [2.45, 2.75) is 37.8 Å². The minimum Gasteiger partial charge on any atom is -0.480 e. The van der Waals surface area contributed by atoms with E-state index >= 15 is 0 Å². The Morgan fingerprint density at radius 2 is 2.17 bits per heavy atom. The SMILES string of the molecule is CNC1CCCCC1Oc1ncc(Br)c(OC)n1. The maximum Gasteiger partial charge on any atom is 0.320 e. The third-order valence-corrected chi connectivity index (χ3v) is 3.76. The number of ether oxygens (including phenoxy) is 2. The number of halogens is 1. The minimum absolute atomic E-state index is 0.134. The smallest absolute Gasteiger partial charge is 0.320 e. The average molecular weight is 316 g/mol. The van der Waals surface area contributed by atoms with Crippen molar-refractivity contribution in [2.24, 2.45) is 0 Å². The Kier molecular flexibility index (Phi) is 4.77. The first-order valence-electron chi connectivity index (χ1n) is 6.15. The molecule has 100 valence electrons. The van der Waals surface area contributed by atoms with Crippen molar-refractivity contribution >= 4 is 15.9 Å². The van der Waals surface area contributed by atoms with Gasteiger partial charge in [-0.25, -0.2) is 4.98 Å². The van der Waals surface area contributed by atoms with Crippen LogP contribution in [-0.4, -0.2) is 36.3 Å². The van der Waals surface area contributed by atoms with Crippen LogP contribution >= 0.6 is 15.9 Å². The Morgan fingerprint density at radius 1 is 1.39 bits per heavy atom. The third kappa shape index (κ3) is 3.11. The first-order valence-corrected chi connectivity index (χ1v) is 6.94. The lowest BCUT2D eigenvalue weighted by molar-refractivity contribution is 0.106. The van der Waals surface area contributed by atoms with Crippen LogP contribution in [0.5, 0.6) is 11.9 Å². The van der Waals surface area contributed by atoms with Crippen LogP contribution in [0.1, 0.15) is 25.7 Å². The number of aromatic nitrogens is 2. The molecule has 2 atom stereocenters. The molecule has 2 unspecified atom stereocenters. The predicted octanol–water partition coefficient (Wildman–Crippen LogP) is 2.16. The van der Waals surface area contributed by atoms with Gasteiger partial charge in [0.1, 0.15) is 6.10 Å². The summed E-state index contributed by atoms with van der Waals surface area (Å²) in [6.45, 7) is 0. The Labute approximate surface area is 115 Å². The lowest BCUT2D eigenvalue weighted by Crippen LogP contribution is -2.43. The molecule has 0 spiro atoms. The minimum atomic E-state index is 0.134. The second kappa shape index (κ2) is 6.33. The summed E-state index contributed by atoms with van der Waals surface area (Å²) in [7, 11) is 3.54. The molecule has 2 rings (SSSR count). The predicted molar refractivity (Wildman–Crippen MR) is 72.0 cm³/mol. The van der Waals surface area contributed by atoms with Gasteiger partial charge in [-0.2, -0.15) is 4.98 Å². The number of nitrogens with one attached hydrogen (secondary N) is 1. The summed E-state index contributed by atoms with van der Waals surface area (Å²) in [5.41, 5.74) is 0. The number of methoxy groups -OCH3 is 1. The summed E-state index contributed by atoms with van der Waals surface area (Å²) in [6, 6.07) is 0.749. The van der Waals surface area contributed by atoms with E-state index in [1.165, 1.54) is 12.8 Å². The molecule has 18 heavy (non-hydrogen) atoms. The highest BCUT2D eigenvalue weighted by atomic mass is 79.9. The summed E-state index contributed by atoms with van der Waals surface area (Å²) < 4.78 is 11.7. The van der Waals surface area contributed by atoms with Crippen molar-refractivity contribution < 1.29 is 9.47 Å². The summed E-state index contributed by atoms with van der Waals surface area (Å²) >= 11 is 3.32. The van der Waals surface area contributed by atoms with E-state index in [4.69, 9.17) is 9.47 Å². The van der Waals surface area contributed by atoms with Crippen molar-refractivity contribution in [1.82, 2.24) is 15.3 Å². The topological polar surface area (TPSA) is 56.3 Å². The van der Waals surface area contributed by atoms with Crippen LogP contribution < -0.4 is 14.8 Å². The van der Waals surface area contributed by atoms with E-state index in [2.05, 4.69) is 31.2 Å². The quantitative estimate of drug-likeness (QED) is 0.922. The molecule has 0 radical (unpaired) electrons. The maximum atomic E-state index is 5.87. The van der Waals surface area contributed by atoms with E-state index in [0.717, 1.165) is 17.3 Å². The van der Waals surface area contributed by atoms with Crippen LogP contribution in [0.4, 0.5) is 0 Å². The lowest BCUT2D eigenvalue weighted by Gasteiger charge is -2.30. The van der Waals surface area contributed by atoms with Gasteiger partial charge in [0.15, 0.2) is 0 Å². The van der Waals surface area contributed by atoms with Crippen molar-refractivity contribution in [3.8, 4) is 11.9 Å². The van der Waals surface area contributed by atoms with E-state index in [-0.39, 0.29) is 6.10 Å². The molecule has 1 N–H and O–H groups in total. The molecule has 1 aliphatic carbocycles.